The van der Waals surface area contributed by atoms with E-state index in [1.165, 1.54) is 31.0 Å². The molecule has 1 aliphatic rings. The van der Waals surface area contributed by atoms with Crippen LogP contribution in [0.15, 0.2) is 47.4 Å². The van der Waals surface area contributed by atoms with Gasteiger partial charge in [0.2, 0.25) is 11.8 Å². The van der Waals surface area contributed by atoms with Gasteiger partial charge in [0.15, 0.2) is 11.5 Å². The van der Waals surface area contributed by atoms with E-state index < -0.39 is 11.9 Å². The van der Waals surface area contributed by atoms with Gasteiger partial charge in [-0.25, -0.2) is 0 Å². The zero-order valence-corrected chi connectivity index (χ0v) is 16.4. The summed E-state index contributed by atoms with van der Waals surface area (Å²) in [5.74, 6) is -0.304. The highest BCUT2D eigenvalue weighted by atomic mass is 32.2. The maximum absolute atomic E-state index is 12.5. The molecule has 2 N–H and O–H groups in total. The number of fused-ring (bicyclic) bond motifs is 1. The molecule has 1 unspecified atom stereocenters. The first-order valence-corrected chi connectivity index (χ1v) is 9.79. The summed E-state index contributed by atoms with van der Waals surface area (Å²) in [6.07, 6.45) is 0.468. The van der Waals surface area contributed by atoms with Crippen LogP contribution in [0.25, 0.3) is 0 Å². The molecule has 0 bridgehead atoms. The van der Waals surface area contributed by atoms with Crippen LogP contribution >= 0.6 is 11.8 Å². The molecule has 0 aromatic heterocycles. The number of methoxy groups -OCH3 is 1. The highest BCUT2D eigenvalue weighted by molar-refractivity contribution is 8.01. The molecule has 0 aliphatic carbocycles. The molecule has 154 valence electrons. The Morgan fingerprint density at radius 2 is 2.03 bits per heavy atom. The van der Waals surface area contributed by atoms with Gasteiger partial charge in [-0.3, -0.25) is 9.59 Å². The van der Waals surface area contributed by atoms with Crippen molar-refractivity contribution < 1.29 is 27.8 Å². The van der Waals surface area contributed by atoms with Crippen molar-refractivity contribution in [1.82, 2.24) is 5.32 Å². The van der Waals surface area contributed by atoms with Crippen LogP contribution < -0.4 is 20.1 Å². The van der Waals surface area contributed by atoms with E-state index in [1.54, 1.807) is 6.07 Å². The van der Waals surface area contributed by atoms with Crippen LogP contribution in [-0.4, -0.2) is 37.3 Å². The highest BCUT2D eigenvalue weighted by Crippen LogP contribution is 2.36. The van der Waals surface area contributed by atoms with Crippen molar-refractivity contribution in [2.45, 2.75) is 29.6 Å². The number of alkyl halides is 2. The van der Waals surface area contributed by atoms with Crippen molar-refractivity contribution in [2.24, 2.45) is 0 Å². The summed E-state index contributed by atoms with van der Waals surface area (Å²) in [5.41, 5.74) is 1.46. The van der Waals surface area contributed by atoms with Crippen molar-refractivity contribution in [2.75, 3.05) is 19.0 Å². The fourth-order valence-electron chi connectivity index (χ4n) is 2.88. The lowest BCUT2D eigenvalue weighted by molar-refractivity contribution is -0.124. The number of halogens is 2. The summed E-state index contributed by atoms with van der Waals surface area (Å²) >= 11 is 1.36. The van der Waals surface area contributed by atoms with E-state index >= 15 is 0 Å². The van der Waals surface area contributed by atoms with Gasteiger partial charge < -0.3 is 20.1 Å². The molecule has 3 rings (SSSR count). The first-order chi connectivity index (χ1) is 14.0. The predicted octanol–water partition coefficient (Wildman–Crippen LogP) is 3.46. The van der Waals surface area contributed by atoms with E-state index in [9.17, 15) is 18.4 Å². The van der Waals surface area contributed by atoms with E-state index in [0.717, 1.165) is 10.6 Å². The van der Waals surface area contributed by atoms with Crippen LogP contribution in [-0.2, 0) is 16.0 Å². The quantitative estimate of drug-likeness (QED) is 0.682. The standard InChI is InChI=1S/C20H20F2N2O4S/c1-27-14-7-6-12(10-15(14)28-20(21)22)8-9-23-18(25)11-17-19(26)24-13-4-2-3-5-16(13)29-17/h2-7,10,17,20H,8-9,11H2,1H3,(H,23,25)(H,24,26). The summed E-state index contributed by atoms with van der Waals surface area (Å²) in [5, 5.41) is 5.06. The van der Waals surface area contributed by atoms with Crippen molar-refractivity contribution in [3.05, 3.63) is 48.0 Å². The van der Waals surface area contributed by atoms with Crippen molar-refractivity contribution >= 4 is 29.3 Å². The molecule has 0 radical (unpaired) electrons. The first kappa shape index (κ1) is 20.9. The Bertz CT molecular complexity index is 895. The number of ether oxygens (including phenoxy) is 2. The van der Waals surface area contributed by atoms with Crippen molar-refractivity contribution in [1.29, 1.82) is 0 Å². The van der Waals surface area contributed by atoms with Gasteiger partial charge in [-0.05, 0) is 36.2 Å². The third kappa shape index (κ3) is 5.60. The van der Waals surface area contributed by atoms with E-state index in [-0.39, 0.29) is 29.7 Å². The van der Waals surface area contributed by atoms with Crippen LogP contribution in [0.4, 0.5) is 14.5 Å². The minimum absolute atomic E-state index is 0.0488. The predicted molar refractivity (Wildman–Crippen MR) is 106 cm³/mol. The number of thioether (sulfide) groups is 1. The monoisotopic (exact) mass is 422 g/mol. The zero-order chi connectivity index (χ0) is 20.8. The second-order valence-electron chi connectivity index (χ2n) is 6.26. The number of hydrogen-bond donors (Lipinski definition) is 2. The first-order valence-electron chi connectivity index (χ1n) is 8.91. The van der Waals surface area contributed by atoms with Crippen LogP contribution in [0.2, 0.25) is 0 Å². The van der Waals surface area contributed by atoms with Gasteiger partial charge in [0.05, 0.1) is 18.0 Å². The summed E-state index contributed by atoms with van der Waals surface area (Å²) in [6, 6.07) is 12.1. The number of para-hydroxylation sites is 1. The van der Waals surface area contributed by atoms with Crippen LogP contribution in [0.1, 0.15) is 12.0 Å². The fourth-order valence-corrected chi connectivity index (χ4v) is 3.99. The van der Waals surface area contributed by atoms with Gasteiger partial charge in [0, 0.05) is 17.9 Å². The van der Waals surface area contributed by atoms with Crippen LogP contribution in [0.3, 0.4) is 0 Å². The maximum Gasteiger partial charge on any atom is 0.387 e. The second kappa shape index (κ2) is 9.60. The minimum Gasteiger partial charge on any atom is -0.493 e. The summed E-state index contributed by atoms with van der Waals surface area (Å²) in [7, 11) is 1.37. The zero-order valence-electron chi connectivity index (χ0n) is 15.6. The number of anilines is 1. The Balaban J connectivity index is 1.51. The topological polar surface area (TPSA) is 76.7 Å². The molecule has 0 spiro atoms. The summed E-state index contributed by atoms with van der Waals surface area (Å²) in [6.45, 7) is -2.65. The molecule has 2 aromatic rings. The van der Waals surface area contributed by atoms with Crippen molar-refractivity contribution in [3.63, 3.8) is 0 Å². The third-order valence-electron chi connectivity index (χ3n) is 4.26. The Labute approximate surface area is 171 Å². The smallest absolute Gasteiger partial charge is 0.387 e. The Morgan fingerprint density at radius 3 is 2.79 bits per heavy atom. The number of nitrogens with one attached hydrogen (secondary N) is 2. The van der Waals surface area contributed by atoms with Gasteiger partial charge in [-0.2, -0.15) is 8.78 Å². The molecule has 6 nitrogen and oxygen atoms in total. The molecule has 1 atom stereocenters. The van der Waals surface area contributed by atoms with E-state index in [4.69, 9.17) is 4.74 Å². The molecular formula is C20H20F2N2O4S. The van der Waals surface area contributed by atoms with E-state index in [2.05, 4.69) is 15.4 Å². The van der Waals surface area contributed by atoms with E-state index in [0.29, 0.717) is 18.5 Å². The third-order valence-corrected chi connectivity index (χ3v) is 5.53. The molecule has 1 aliphatic heterocycles. The minimum atomic E-state index is -2.96. The summed E-state index contributed by atoms with van der Waals surface area (Å²) in [4.78, 5) is 25.3. The normalized spacial score (nSPS) is 15.4. The van der Waals surface area contributed by atoms with Gasteiger partial charge in [0.25, 0.3) is 0 Å². The van der Waals surface area contributed by atoms with E-state index in [1.807, 2.05) is 24.3 Å². The molecule has 9 heteroatoms. The fraction of sp³-hybridized carbons (Fsp3) is 0.300. The number of carbonyl (C=O) groups is 2. The lowest BCUT2D eigenvalue weighted by atomic mass is 10.1. The molecule has 29 heavy (non-hydrogen) atoms. The molecular weight excluding hydrogens is 402 g/mol. The number of benzene rings is 2. The number of rotatable bonds is 8. The Morgan fingerprint density at radius 1 is 1.24 bits per heavy atom. The summed E-state index contributed by atoms with van der Waals surface area (Å²) < 4.78 is 34.5. The van der Waals surface area contributed by atoms with Gasteiger partial charge in [-0.15, -0.1) is 11.8 Å². The number of amides is 2. The van der Waals surface area contributed by atoms with Gasteiger partial charge in [-0.1, -0.05) is 18.2 Å². The molecule has 2 amide bonds. The molecule has 0 saturated heterocycles. The average molecular weight is 422 g/mol. The molecule has 0 fully saturated rings. The molecule has 1 heterocycles. The SMILES string of the molecule is COc1ccc(CCNC(=O)CC2Sc3ccccc3NC2=O)cc1OC(F)F. The van der Waals surface area contributed by atoms with Crippen LogP contribution in [0.5, 0.6) is 11.5 Å². The number of hydrogen-bond acceptors (Lipinski definition) is 5. The Hall–Kier alpha value is -2.81. The lowest BCUT2D eigenvalue weighted by Gasteiger charge is -2.23. The largest absolute Gasteiger partial charge is 0.493 e. The van der Waals surface area contributed by atoms with Crippen molar-refractivity contribution in [3.8, 4) is 11.5 Å². The number of carbonyl (C=O) groups excluding carboxylic acids is 2. The second-order valence-corrected chi connectivity index (χ2v) is 7.50. The molecule has 0 saturated carbocycles. The maximum atomic E-state index is 12.5. The average Bonchev–Trinajstić information content (AvgIpc) is 2.68. The van der Waals surface area contributed by atoms with Gasteiger partial charge >= 0.3 is 6.61 Å². The van der Waals surface area contributed by atoms with Gasteiger partial charge in [0.1, 0.15) is 0 Å². The lowest BCUT2D eigenvalue weighted by Crippen LogP contribution is -2.35. The highest BCUT2D eigenvalue weighted by Gasteiger charge is 2.28. The molecule has 2 aromatic carbocycles. The van der Waals surface area contributed by atoms with Crippen LogP contribution in [0, 0.1) is 0 Å². The Kier molecular flexibility index (Phi) is 6.92.